The minimum Gasteiger partial charge on any atom is -0.348 e. The predicted molar refractivity (Wildman–Crippen MR) is 89.9 cm³/mol. The molecule has 3 N–H and O–H groups in total. The van der Waals surface area contributed by atoms with E-state index >= 15 is 0 Å². The van der Waals surface area contributed by atoms with Crippen LogP contribution < -0.4 is 11.1 Å². The zero-order chi connectivity index (χ0) is 15.5. The van der Waals surface area contributed by atoms with Crippen molar-refractivity contribution in [2.24, 2.45) is 11.7 Å². The molecule has 1 aromatic carbocycles. The Morgan fingerprint density at radius 1 is 1.41 bits per heavy atom. The number of nitrogens with one attached hydrogen (secondary N) is 1. The minimum absolute atomic E-state index is 0.0820. The van der Waals surface area contributed by atoms with Crippen molar-refractivity contribution in [2.75, 3.05) is 6.54 Å². The van der Waals surface area contributed by atoms with Gasteiger partial charge in [0, 0.05) is 17.0 Å². The van der Waals surface area contributed by atoms with Crippen molar-refractivity contribution < 1.29 is 4.79 Å². The van der Waals surface area contributed by atoms with Crippen molar-refractivity contribution in [3.05, 3.63) is 40.9 Å². The third-order valence-electron chi connectivity index (χ3n) is 4.39. The lowest BCUT2D eigenvalue weighted by molar-refractivity contribution is 0.0924. The zero-order valence-corrected chi connectivity index (χ0v) is 13.5. The highest BCUT2D eigenvalue weighted by Gasteiger charge is 2.28. The summed E-state index contributed by atoms with van der Waals surface area (Å²) in [5.41, 5.74) is 8.54. The number of aryl methyl sites for hydroxylation is 1. The van der Waals surface area contributed by atoms with Crippen LogP contribution in [-0.4, -0.2) is 23.5 Å². The number of hydrogen-bond acceptors (Lipinski definition) is 4. The average Bonchev–Trinajstić information content (AvgIpc) is 3.16. The summed E-state index contributed by atoms with van der Waals surface area (Å²) in [6.07, 6.45) is 3.26. The van der Waals surface area contributed by atoms with Crippen molar-refractivity contribution in [3.63, 3.8) is 0 Å². The Balaban J connectivity index is 1.73. The van der Waals surface area contributed by atoms with Crippen molar-refractivity contribution in [2.45, 2.75) is 32.2 Å². The molecule has 4 nitrogen and oxygen atoms in total. The Morgan fingerprint density at radius 2 is 2.23 bits per heavy atom. The van der Waals surface area contributed by atoms with Crippen LogP contribution in [0.4, 0.5) is 0 Å². The molecule has 0 spiro atoms. The fourth-order valence-electron chi connectivity index (χ4n) is 3.07. The quantitative estimate of drug-likeness (QED) is 0.911. The van der Waals surface area contributed by atoms with Crippen molar-refractivity contribution in [3.8, 4) is 10.6 Å². The molecule has 2 atom stereocenters. The van der Waals surface area contributed by atoms with Crippen LogP contribution in [0, 0.1) is 12.8 Å². The molecule has 5 heteroatoms. The molecule has 2 unspecified atom stereocenters. The lowest BCUT2D eigenvalue weighted by Crippen LogP contribution is -2.40. The molecule has 3 rings (SSSR count). The number of nitrogens with zero attached hydrogens (tertiary/aromatic N) is 1. The largest absolute Gasteiger partial charge is 0.348 e. The molecule has 1 aromatic heterocycles. The number of thiazole rings is 1. The zero-order valence-electron chi connectivity index (χ0n) is 12.7. The second kappa shape index (κ2) is 6.58. The number of rotatable bonds is 4. The highest BCUT2D eigenvalue weighted by atomic mass is 32.1. The number of carbonyl (C=O) groups excluding carboxylic acids is 1. The molecule has 0 bridgehead atoms. The highest BCUT2D eigenvalue weighted by Crippen LogP contribution is 2.28. The monoisotopic (exact) mass is 315 g/mol. The second-order valence-electron chi connectivity index (χ2n) is 5.86. The van der Waals surface area contributed by atoms with Crippen LogP contribution >= 0.6 is 11.3 Å². The first kappa shape index (κ1) is 15.2. The van der Waals surface area contributed by atoms with E-state index < -0.39 is 0 Å². The van der Waals surface area contributed by atoms with E-state index in [2.05, 4.69) is 23.3 Å². The normalized spacial score (nSPS) is 21.0. The molecule has 1 fully saturated rings. The molecule has 1 aliphatic rings. The van der Waals surface area contributed by atoms with E-state index in [4.69, 9.17) is 5.73 Å². The Labute approximate surface area is 134 Å². The van der Waals surface area contributed by atoms with Crippen molar-refractivity contribution >= 4 is 17.2 Å². The van der Waals surface area contributed by atoms with Gasteiger partial charge in [0.05, 0.1) is 0 Å². The molecular formula is C17H21N3OS. The summed E-state index contributed by atoms with van der Waals surface area (Å²) in [6.45, 7) is 2.69. The number of amides is 1. The summed E-state index contributed by atoms with van der Waals surface area (Å²) in [5, 5.41) is 5.83. The molecule has 1 amide bonds. The van der Waals surface area contributed by atoms with Gasteiger partial charge in [-0.05, 0) is 37.8 Å². The summed E-state index contributed by atoms with van der Waals surface area (Å²) >= 11 is 1.51. The summed E-state index contributed by atoms with van der Waals surface area (Å²) in [5.74, 6) is 0.319. The summed E-state index contributed by atoms with van der Waals surface area (Å²) in [6, 6.07) is 8.29. The van der Waals surface area contributed by atoms with Gasteiger partial charge in [-0.25, -0.2) is 4.98 Å². The van der Waals surface area contributed by atoms with Gasteiger partial charge in [0.15, 0.2) is 0 Å². The van der Waals surface area contributed by atoms with Crippen molar-refractivity contribution in [1.29, 1.82) is 0 Å². The van der Waals surface area contributed by atoms with Gasteiger partial charge < -0.3 is 11.1 Å². The van der Waals surface area contributed by atoms with E-state index in [0.29, 0.717) is 18.2 Å². The first-order chi connectivity index (χ1) is 10.7. The lowest BCUT2D eigenvalue weighted by Gasteiger charge is -2.18. The van der Waals surface area contributed by atoms with Crippen LogP contribution in [0.2, 0.25) is 0 Å². The van der Waals surface area contributed by atoms with Crippen LogP contribution in [0.25, 0.3) is 10.6 Å². The SMILES string of the molecule is Cc1ccccc1-c1nc(C(=O)NC2CCCC2CN)cs1. The van der Waals surface area contributed by atoms with Gasteiger partial charge in [0.2, 0.25) is 0 Å². The number of nitrogens with two attached hydrogens (primary N) is 1. The van der Waals surface area contributed by atoms with E-state index in [1.165, 1.54) is 16.9 Å². The topological polar surface area (TPSA) is 68.0 Å². The number of benzene rings is 1. The molecule has 22 heavy (non-hydrogen) atoms. The third-order valence-corrected chi connectivity index (χ3v) is 5.27. The molecule has 1 saturated carbocycles. The smallest absolute Gasteiger partial charge is 0.271 e. The summed E-state index contributed by atoms with van der Waals surface area (Å²) in [4.78, 5) is 16.9. The highest BCUT2D eigenvalue weighted by molar-refractivity contribution is 7.13. The van der Waals surface area contributed by atoms with Gasteiger partial charge in [-0.2, -0.15) is 0 Å². The first-order valence-corrected chi connectivity index (χ1v) is 8.59. The van der Waals surface area contributed by atoms with Crippen LogP contribution in [0.5, 0.6) is 0 Å². The van der Waals surface area contributed by atoms with Gasteiger partial charge in [0.25, 0.3) is 5.91 Å². The first-order valence-electron chi connectivity index (χ1n) is 7.71. The molecule has 0 saturated heterocycles. The van der Waals surface area contributed by atoms with Crippen LogP contribution in [0.15, 0.2) is 29.6 Å². The van der Waals surface area contributed by atoms with E-state index in [9.17, 15) is 4.79 Å². The van der Waals surface area contributed by atoms with Crippen LogP contribution in [0.1, 0.15) is 35.3 Å². The molecule has 116 valence electrons. The minimum atomic E-state index is -0.0820. The maximum absolute atomic E-state index is 12.4. The fraction of sp³-hybridized carbons (Fsp3) is 0.412. The molecule has 0 radical (unpaired) electrons. The standard InChI is InChI=1S/C17H21N3OS/c1-11-5-2-3-7-13(11)17-20-15(10-22-17)16(21)19-14-8-4-6-12(14)9-18/h2-3,5,7,10,12,14H,4,6,8-9,18H2,1H3,(H,19,21). The van der Waals surface area contributed by atoms with E-state index in [1.807, 2.05) is 23.6 Å². The second-order valence-corrected chi connectivity index (χ2v) is 6.72. The Kier molecular flexibility index (Phi) is 4.55. The predicted octanol–water partition coefficient (Wildman–Crippen LogP) is 2.98. The van der Waals surface area contributed by atoms with Gasteiger partial charge in [-0.1, -0.05) is 30.7 Å². The number of carbonyl (C=O) groups is 1. The number of hydrogen-bond donors (Lipinski definition) is 2. The Bertz CT molecular complexity index is 667. The molecule has 1 heterocycles. The van der Waals surface area contributed by atoms with E-state index in [1.54, 1.807) is 0 Å². The van der Waals surface area contributed by atoms with Gasteiger partial charge >= 0.3 is 0 Å². The maximum Gasteiger partial charge on any atom is 0.271 e. The maximum atomic E-state index is 12.4. The molecule has 2 aromatic rings. The van der Waals surface area contributed by atoms with E-state index in [-0.39, 0.29) is 11.9 Å². The summed E-state index contributed by atoms with van der Waals surface area (Å²) < 4.78 is 0. The van der Waals surface area contributed by atoms with Crippen LogP contribution in [0.3, 0.4) is 0 Å². The number of aromatic nitrogens is 1. The fourth-order valence-corrected chi connectivity index (χ4v) is 3.96. The van der Waals surface area contributed by atoms with E-state index in [0.717, 1.165) is 29.8 Å². The average molecular weight is 315 g/mol. The van der Waals surface area contributed by atoms with Crippen LogP contribution in [-0.2, 0) is 0 Å². The van der Waals surface area contributed by atoms with Gasteiger partial charge in [-0.15, -0.1) is 11.3 Å². The van der Waals surface area contributed by atoms with Gasteiger partial charge in [-0.3, -0.25) is 4.79 Å². The third kappa shape index (κ3) is 3.05. The molecule has 0 aliphatic heterocycles. The van der Waals surface area contributed by atoms with Gasteiger partial charge in [0.1, 0.15) is 10.7 Å². The lowest BCUT2D eigenvalue weighted by atomic mass is 10.0. The van der Waals surface area contributed by atoms with Crippen molar-refractivity contribution in [1.82, 2.24) is 10.3 Å². The molecular weight excluding hydrogens is 294 g/mol. The molecule has 1 aliphatic carbocycles. The Hall–Kier alpha value is -1.72. The summed E-state index contributed by atoms with van der Waals surface area (Å²) in [7, 11) is 0. The Morgan fingerprint density at radius 3 is 3.00 bits per heavy atom.